The van der Waals surface area contributed by atoms with Gasteiger partial charge in [0.2, 0.25) is 0 Å². The second kappa shape index (κ2) is 7.21. The molecule has 0 saturated heterocycles. The van der Waals surface area contributed by atoms with Crippen LogP contribution < -0.4 is 14.8 Å². The van der Waals surface area contributed by atoms with E-state index >= 15 is 0 Å². The van der Waals surface area contributed by atoms with Gasteiger partial charge in [-0.25, -0.2) is 4.39 Å². The van der Waals surface area contributed by atoms with Crippen molar-refractivity contribution in [3.63, 3.8) is 0 Å². The van der Waals surface area contributed by atoms with Crippen molar-refractivity contribution in [1.82, 2.24) is 0 Å². The van der Waals surface area contributed by atoms with Crippen LogP contribution in [0.5, 0.6) is 11.5 Å². The summed E-state index contributed by atoms with van der Waals surface area (Å²) in [7, 11) is 1.35. The number of ether oxygens (including phenoxy) is 2. The highest BCUT2D eigenvalue weighted by Gasteiger charge is 2.11. The summed E-state index contributed by atoms with van der Waals surface area (Å²) in [5.41, 5.74) is 0.157. The largest absolute Gasteiger partial charge is 0.494 e. The topological polar surface area (TPSA) is 90.7 Å². The first-order valence-corrected chi connectivity index (χ1v) is 6.50. The summed E-state index contributed by atoms with van der Waals surface area (Å²) in [5, 5.41) is 13.2. The number of nitro groups is 1. The lowest BCUT2D eigenvalue weighted by Crippen LogP contribution is -2.20. The normalized spacial score (nSPS) is 10.0. The minimum atomic E-state index is -0.559. The number of nitrogens with one attached hydrogen (secondary N) is 1. The van der Waals surface area contributed by atoms with Gasteiger partial charge in [0.15, 0.2) is 6.61 Å². The van der Waals surface area contributed by atoms with E-state index in [9.17, 15) is 19.3 Å². The zero-order chi connectivity index (χ0) is 16.8. The zero-order valence-corrected chi connectivity index (χ0v) is 12.1. The quantitative estimate of drug-likeness (QED) is 0.653. The molecule has 23 heavy (non-hydrogen) atoms. The number of halogens is 1. The van der Waals surface area contributed by atoms with Gasteiger partial charge in [-0.1, -0.05) is 6.07 Å². The summed E-state index contributed by atoms with van der Waals surface area (Å²) >= 11 is 0. The van der Waals surface area contributed by atoms with E-state index in [0.717, 1.165) is 6.07 Å². The van der Waals surface area contributed by atoms with Crippen molar-refractivity contribution in [3.05, 3.63) is 58.4 Å². The maximum Gasteiger partial charge on any atom is 0.273 e. The Balaban J connectivity index is 1.98. The van der Waals surface area contributed by atoms with Gasteiger partial charge in [0, 0.05) is 12.1 Å². The SMILES string of the molecule is COc1cc(F)ccc1NC(=O)COc1cccc([N+](=O)[O-])c1. The molecule has 0 aromatic heterocycles. The molecule has 7 nitrogen and oxygen atoms in total. The first-order chi connectivity index (χ1) is 11.0. The average molecular weight is 320 g/mol. The third-order valence-corrected chi connectivity index (χ3v) is 2.84. The summed E-state index contributed by atoms with van der Waals surface area (Å²) < 4.78 is 23.2. The Morgan fingerprint density at radius 2 is 2.09 bits per heavy atom. The lowest BCUT2D eigenvalue weighted by molar-refractivity contribution is -0.384. The molecule has 0 spiro atoms. The molecule has 2 rings (SSSR count). The molecule has 0 aliphatic carbocycles. The maximum atomic E-state index is 13.1. The summed E-state index contributed by atoms with van der Waals surface area (Å²) in [6.45, 7) is -0.359. The van der Waals surface area contributed by atoms with Gasteiger partial charge in [0.1, 0.15) is 17.3 Å². The van der Waals surface area contributed by atoms with Crippen LogP contribution >= 0.6 is 0 Å². The molecule has 0 bridgehead atoms. The van der Waals surface area contributed by atoms with Gasteiger partial charge < -0.3 is 14.8 Å². The minimum Gasteiger partial charge on any atom is -0.494 e. The number of nitro benzene ring substituents is 1. The van der Waals surface area contributed by atoms with E-state index in [0.29, 0.717) is 5.69 Å². The monoisotopic (exact) mass is 320 g/mol. The predicted octanol–water partition coefficient (Wildman–Crippen LogP) is 2.76. The molecule has 0 radical (unpaired) electrons. The van der Waals surface area contributed by atoms with Crippen LogP contribution in [0.15, 0.2) is 42.5 Å². The fraction of sp³-hybridized carbons (Fsp3) is 0.133. The summed E-state index contributed by atoms with van der Waals surface area (Å²) in [5.74, 6) is -0.636. The van der Waals surface area contributed by atoms with E-state index in [2.05, 4.69) is 5.32 Å². The summed E-state index contributed by atoms with van der Waals surface area (Å²) in [4.78, 5) is 21.9. The van der Waals surface area contributed by atoms with Gasteiger partial charge in [-0.2, -0.15) is 0 Å². The minimum absolute atomic E-state index is 0.136. The molecule has 8 heteroatoms. The molecule has 0 heterocycles. The second-order valence-corrected chi connectivity index (χ2v) is 4.44. The number of methoxy groups -OCH3 is 1. The highest BCUT2D eigenvalue weighted by Crippen LogP contribution is 2.25. The molecule has 0 unspecified atom stereocenters. The molecule has 0 saturated carbocycles. The van der Waals surface area contributed by atoms with Crippen LogP contribution in [-0.2, 0) is 4.79 Å². The number of benzene rings is 2. The number of anilines is 1. The first-order valence-electron chi connectivity index (χ1n) is 6.50. The molecule has 2 aromatic carbocycles. The van der Waals surface area contributed by atoms with Crippen molar-refractivity contribution in [1.29, 1.82) is 0 Å². The number of nitrogens with zero attached hydrogens (tertiary/aromatic N) is 1. The number of non-ortho nitro benzene ring substituents is 1. The zero-order valence-electron chi connectivity index (χ0n) is 12.1. The number of hydrogen-bond donors (Lipinski definition) is 1. The fourth-order valence-electron chi connectivity index (χ4n) is 1.79. The summed E-state index contributed by atoms with van der Waals surface area (Å²) in [6, 6.07) is 9.16. The van der Waals surface area contributed by atoms with Crippen LogP contribution in [-0.4, -0.2) is 24.5 Å². The Morgan fingerprint density at radius 1 is 1.30 bits per heavy atom. The molecule has 1 N–H and O–H groups in total. The standard InChI is InChI=1S/C15H13FN2O5/c1-22-14-7-10(16)5-6-13(14)17-15(19)9-23-12-4-2-3-11(8-12)18(20)21/h2-8H,9H2,1H3,(H,17,19). The molecular formula is C15H13FN2O5. The number of carbonyl (C=O) groups excluding carboxylic acids is 1. The molecule has 0 aliphatic heterocycles. The third-order valence-electron chi connectivity index (χ3n) is 2.84. The molecule has 0 atom stereocenters. The van der Waals surface area contributed by atoms with E-state index in [1.165, 1.54) is 43.5 Å². The molecule has 120 valence electrons. The van der Waals surface area contributed by atoms with Gasteiger partial charge in [-0.3, -0.25) is 14.9 Å². The van der Waals surface area contributed by atoms with E-state index in [-0.39, 0.29) is 23.8 Å². The number of hydrogen-bond acceptors (Lipinski definition) is 5. The first kappa shape index (κ1) is 16.2. The van der Waals surface area contributed by atoms with Crippen molar-refractivity contribution in [3.8, 4) is 11.5 Å². The number of rotatable bonds is 6. The van der Waals surface area contributed by atoms with E-state index < -0.39 is 16.6 Å². The summed E-state index contributed by atoms with van der Waals surface area (Å²) in [6.07, 6.45) is 0. The van der Waals surface area contributed by atoms with E-state index in [4.69, 9.17) is 9.47 Å². The fourth-order valence-corrected chi connectivity index (χ4v) is 1.79. The number of carbonyl (C=O) groups is 1. The van der Waals surface area contributed by atoms with Gasteiger partial charge in [0.05, 0.1) is 23.8 Å². The third kappa shape index (κ3) is 4.40. The molecule has 0 fully saturated rings. The van der Waals surface area contributed by atoms with Gasteiger partial charge in [0.25, 0.3) is 11.6 Å². The smallest absolute Gasteiger partial charge is 0.273 e. The predicted molar refractivity (Wildman–Crippen MR) is 80.2 cm³/mol. The van der Waals surface area contributed by atoms with E-state index in [1.807, 2.05) is 0 Å². The van der Waals surface area contributed by atoms with E-state index in [1.54, 1.807) is 0 Å². The van der Waals surface area contributed by atoms with Crippen LogP contribution in [0.2, 0.25) is 0 Å². The lowest BCUT2D eigenvalue weighted by atomic mass is 10.3. The second-order valence-electron chi connectivity index (χ2n) is 4.44. The Kier molecular flexibility index (Phi) is 5.08. The van der Waals surface area contributed by atoms with Crippen LogP contribution in [0.3, 0.4) is 0 Å². The van der Waals surface area contributed by atoms with Crippen LogP contribution in [0.25, 0.3) is 0 Å². The van der Waals surface area contributed by atoms with Crippen molar-refractivity contribution in [2.75, 3.05) is 19.0 Å². The Hall–Kier alpha value is -3.16. The van der Waals surface area contributed by atoms with Crippen LogP contribution in [0.4, 0.5) is 15.8 Å². The lowest BCUT2D eigenvalue weighted by Gasteiger charge is -2.11. The molecule has 0 aliphatic rings. The molecule has 1 amide bonds. The van der Waals surface area contributed by atoms with Crippen molar-refractivity contribution in [2.45, 2.75) is 0 Å². The van der Waals surface area contributed by atoms with Crippen molar-refractivity contribution >= 4 is 17.3 Å². The van der Waals surface area contributed by atoms with Crippen molar-refractivity contribution < 1.29 is 23.6 Å². The highest BCUT2D eigenvalue weighted by molar-refractivity contribution is 5.93. The van der Waals surface area contributed by atoms with Crippen LogP contribution in [0.1, 0.15) is 0 Å². The van der Waals surface area contributed by atoms with Crippen molar-refractivity contribution in [2.24, 2.45) is 0 Å². The van der Waals surface area contributed by atoms with Gasteiger partial charge in [-0.15, -0.1) is 0 Å². The Morgan fingerprint density at radius 3 is 2.78 bits per heavy atom. The maximum absolute atomic E-state index is 13.1. The highest BCUT2D eigenvalue weighted by atomic mass is 19.1. The Bertz CT molecular complexity index is 736. The molecule has 2 aromatic rings. The molecular weight excluding hydrogens is 307 g/mol. The van der Waals surface area contributed by atoms with Gasteiger partial charge >= 0.3 is 0 Å². The number of amides is 1. The van der Waals surface area contributed by atoms with Gasteiger partial charge in [-0.05, 0) is 18.2 Å². The van der Waals surface area contributed by atoms with Crippen LogP contribution in [0, 0.1) is 15.9 Å². The average Bonchev–Trinajstić information content (AvgIpc) is 2.54. The Labute approximate surface area is 130 Å².